The topological polar surface area (TPSA) is 75.7 Å². The Balaban J connectivity index is 2.23. The van der Waals surface area contributed by atoms with Gasteiger partial charge in [0.2, 0.25) is 15.9 Å². The Morgan fingerprint density at radius 3 is 2.75 bits per heavy atom. The number of carbonyl (C=O) groups is 1. The van der Waals surface area contributed by atoms with Crippen molar-refractivity contribution in [1.82, 2.24) is 9.62 Å². The lowest BCUT2D eigenvalue weighted by molar-refractivity contribution is -0.129. The van der Waals surface area contributed by atoms with Gasteiger partial charge in [-0.15, -0.1) is 0 Å². The summed E-state index contributed by atoms with van der Waals surface area (Å²) < 4.78 is 31.5. The first-order valence-corrected chi connectivity index (χ1v) is 9.47. The van der Waals surface area contributed by atoms with Gasteiger partial charge in [0.25, 0.3) is 0 Å². The van der Waals surface area contributed by atoms with Gasteiger partial charge in [0.05, 0.1) is 7.11 Å². The van der Waals surface area contributed by atoms with E-state index in [-0.39, 0.29) is 22.6 Å². The number of rotatable bonds is 5. The largest absolute Gasteiger partial charge is 0.495 e. The second-order valence-corrected chi connectivity index (χ2v) is 7.68. The van der Waals surface area contributed by atoms with Crippen LogP contribution >= 0.6 is 0 Å². The summed E-state index contributed by atoms with van der Waals surface area (Å²) >= 11 is 0. The molecule has 1 heterocycles. The Labute approximate surface area is 143 Å². The third-order valence-electron chi connectivity index (χ3n) is 4.25. The molecular weight excluding hydrogens is 328 g/mol. The second kappa shape index (κ2) is 7.81. The Morgan fingerprint density at radius 2 is 2.12 bits per heavy atom. The van der Waals surface area contributed by atoms with Crippen molar-refractivity contribution in [2.45, 2.75) is 37.1 Å². The van der Waals surface area contributed by atoms with E-state index in [2.05, 4.69) is 11.6 Å². The summed E-state index contributed by atoms with van der Waals surface area (Å²) in [5.74, 6) is 0.216. The van der Waals surface area contributed by atoms with E-state index in [1.165, 1.54) is 26.3 Å². The number of benzene rings is 1. The molecule has 7 heteroatoms. The molecule has 0 radical (unpaired) electrons. The van der Waals surface area contributed by atoms with E-state index in [4.69, 9.17) is 4.74 Å². The zero-order chi connectivity index (χ0) is 17.7. The summed E-state index contributed by atoms with van der Waals surface area (Å²) in [4.78, 5) is 14.2. The highest BCUT2D eigenvalue weighted by atomic mass is 32.2. The Kier molecular flexibility index (Phi) is 6.01. The highest BCUT2D eigenvalue weighted by Crippen LogP contribution is 2.25. The number of methoxy groups -OCH3 is 1. The molecule has 1 atom stereocenters. The molecule has 1 aromatic carbocycles. The Morgan fingerprint density at radius 1 is 1.38 bits per heavy atom. The van der Waals surface area contributed by atoms with Gasteiger partial charge in [-0.2, -0.15) is 0 Å². The van der Waals surface area contributed by atoms with Crippen LogP contribution in [0.4, 0.5) is 0 Å². The summed E-state index contributed by atoms with van der Waals surface area (Å²) in [6.07, 6.45) is 6.33. The highest BCUT2D eigenvalue weighted by Gasteiger charge is 2.21. The third-order valence-corrected chi connectivity index (χ3v) is 5.69. The number of hydrogen-bond donors (Lipinski definition) is 1. The molecule has 0 bridgehead atoms. The molecule has 1 aliphatic heterocycles. The van der Waals surface area contributed by atoms with E-state index in [0.717, 1.165) is 25.8 Å². The van der Waals surface area contributed by atoms with Gasteiger partial charge in [0, 0.05) is 18.7 Å². The third kappa shape index (κ3) is 4.15. The summed E-state index contributed by atoms with van der Waals surface area (Å²) in [5.41, 5.74) is 0.627. The fraction of sp³-hybridized carbons (Fsp3) is 0.471. The predicted molar refractivity (Wildman–Crippen MR) is 93.3 cm³/mol. The van der Waals surface area contributed by atoms with Crippen molar-refractivity contribution in [3.8, 4) is 5.75 Å². The maximum atomic E-state index is 12.3. The van der Waals surface area contributed by atoms with E-state index in [1.54, 1.807) is 18.2 Å². The van der Waals surface area contributed by atoms with Gasteiger partial charge in [0.15, 0.2) is 0 Å². The van der Waals surface area contributed by atoms with Crippen molar-refractivity contribution in [2.24, 2.45) is 0 Å². The van der Waals surface area contributed by atoms with Gasteiger partial charge in [0.1, 0.15) is 10.6 Å². The lowest BCUT2D eigenvalue weighted by Crippen LogP contribution is -2.41. The molecule has 0 aliphatic carbocycles. The van der Waals surface area contributed by atoms with Crippen LogP contribution in [0.2, 0.25) is 0 Å². The van der Waals surface area contributed by atoms with E-state index in [1.807, 2.05) is 4.90 Å². The summed E-state index contributed by atoms with van der Waals surface area (Å²) in [6.45, 7) is 2.82. The first-order valence-electron chi connectivity index (χ1n) is 7.99. The maximum Gasteiger partial charge on any atom is 0.246 e. The number of nitrogens with zero attached hydrogens (tertiary/aromatic N) is 1. The van der Waals surface area contributed by atoms with Gasteiger partial charge in [-0.25, -0.2) is 13.1 Å². The lowest BCUT2D eigenvalue weighted by Gasteiger charge is -2.32. The van der Waals surface area contributed by atoms with E-state index in [0.29, 0.717) is 5.56 Å². The number of sulfonamides is 1. The predicted octanol–water partition coefficient (Wildman–Crippen LogP) is 2.02. The number of likely N-dealkylation sites (tertiary alicyclic amines) is 1. The van der Waals surface area contributed by atoms with Crippen LogP contribution in [-0.2, 0) is 14.8 Å². The molecule has 1 amide bonds. The van der Waals surface area contributed by atoms with Crippen molar-refractivity contribution < 1.29 is 17.9 Å². The minimum Gasteiger partial charge on any atom is -0.495 e. The van der Waals surface area contributed by atoms with Gasteiger partial charge >= 0.3 is 0 Å². The van der Waals surface area contributed by atoms with Crippen molar-refractivity contribution in [3.05, 3.63) is 29.8 Å². The zero-order valence-corrected chi connectivity index (χ0v) is 15.1. The van der Waals surface area contributed by atoms with E-state index < -0.39 is 10.0 Å². The number of nitrogens with one attached hydrogen (secondary N) is 1. The van der Waals surface area contributed by atoms with Crippen molar-refractivity contribution in [3.63, 3.8) is 0 Å². The molecular formula is C17H24N2O4S. The molecule has 1 N–H and O–H groups in total. The maximum absolute atomic E-state index is 12.3. The first kappa shape index (κ1) is 18.5. The molecule has 24 heavy (non-hydrogen) atoms. The van der Waals surface area contributed by atoms with E-state index in [9.17, 15) is 13.2 Å². The van der Waals surface area contributed by atoms with Crippen molar-refractivity contribution in [1.29, 1.82) is 0 Å². The van der Waals surface area contributed by atoms with Crippen LogP contribution in [0.3, 0.4) is 0 Å². The van der Waals surface area contributed by atoms with Crippen LogP contribution in [0.25, 0.3) is 6.08 Å². The minimum atomic E-state index is -3.64. The molecule has 1 fully saturated rings. The zero-order valence-electron chi connectivity index (χ0n) is 14.3. The van der Waals surface area contributed by atoms with Crippen molar-refractivity contribution >= 4 is 22.0 Å². The highest BCUT2D eigenvalue weighted by molar-refractivity contribution is 7.89. The Hall–Kier alpha value is -1.86. The quantitative estimate of drug-likeness (QED) is 0.823. The molecule has 1 aromatic rings. The summed E-state index contributed by atoms with van der Waals surface area (Å²) in [7, 11) is -0.872. The van der Waals surface area contributed by atoms with Gasteiger partial charge in [-0.05, 0) is 57.0 Å². The summed E-state index contributed by atoms with van der Waals surface area (Å²) in [5, 5.41) is 0. The summed E-state index contributed by atoms with van der Waals surface area (Å²) in [6, 6.07) is 5.04. The van der Waals surface area contributed by atoms with Crippen LogP contribution in [-0.4, -0.2) is 46.0 Å². The lowest BCUT2D eigenvalue weighted by atomic mass is 10.0. The number of ether oxygens (including phenoxy) is 1. The number of piperidine rings is 1. The van der Waals surface area contributed by atoms with Crippen LogP contribution < -0.4 is 9.46 Å². The van der Waals surface area contributed by atoms with Gasteiger partial charge in [-0.3, -0.25) is 4.79 Å². The second-order valence-electron chi connectivity index (χ2n) is 5.83. The number of amides is 1. The minimum absolute atomic E-state index is 0.0453. The number of hydrogen-bond acceptors (Lipinski definition) is 4. The molecule has 1 saturated heterocycles. The molecule has 0 saturated carbocycles. The number of carbonyl (C=O) groups excluding carboxylic acids is 1. The SMILES string of the molecule is CNS(=O)(=O)c1cc(C=CC(=O)N2CCCCC2C)ccc1OC. The average molecular weight is 352 g/mol. The molecule has 132 valence electrons. The standard InChI is InChI=1S/C17H24N2O4S/c1-13-6-4-5-11-19(13)17(20)10-8-14-7-9-15(23-3)16(12-14)24(21,22)18-2/h7-10,12-13,18H,4-6,11H2,1-3H3. The van der Waals surface area contributed by atoms with Crippen LogP contribution in [0.5, 0.6) is 5.75 Å². The molecule has 0 aromatic heterocycles. The molecule has 6 nitrogen and oxygen atoms in total. The fourth-order valence-electron chi connectivity index (χ4n) is 2.81. The molecule has 1 unspecified atom stereocenters. The molecule has 1 aliphatic rings. The smallest absolute Gasteiger partial charge is 0.246 e. The normalized spacial score (nSPS) is 18.8. The molecule has 0 spiro atoms. The molecule has 2 rings (SSSR count). The van der Waals surface area contributed by atoms with Crippen LogP contribution in [0.15, 0.2) is 29.2 Å². The monoisotopic (exact) mass is 352 g/mol. The average Bonchev–Trinajstić information content (AvgIpc) is 2.59. The van der Waals surface area contributed by atoms with Gasteiger partial charge in [-0.1, -0.05) is 6.07 Å². The van der Waals surface area contributed by atoms with Crippen LogP contribution in [0, 0.1) is 0 Å². The first-order chi connectivity index (χ1) is 11.4. The van der Waals surface area contributed by atoms with Crippen molar-refractivity contribution in [2.75, 3.05) is 20.7 Å². The van der Waals surface area contributed by atoms with Gasteiger partial charge < -0.3 is 9.64 Å². The van der Waals surface area contributed by atoms with Crippen LogP contribution in [0.1, 0.15) is 31.7 Å². The fourth-order valence-corrected chi connectivity index (χ4v) is 3.73. The van der Waals surface area contributed by atoms with E-state index >= 15 is 0 Å². The Bertz CT molecular complexity index is 728.